The van der Waals surface area contributed by atoms with Crippen molar-refractivity contribution in [1.29, 1.82) is 0 Å². The highest BCUT2D eigenvalue weighted by molar-refractivity contribution is 5.90. The summed E-state index contributed by atoms with van der Waals surface area (Å²) < 4.78 is 0. The fourth-order valence-electron chi connectivity index (χ4n) is 2.19. The van der Waals surface area contributed by atoms with Crippen molar-refractivity contribution in [2.24, 2.45) is 0 Å². The number of aromatic nitrogens is 2. The van der Waals surface area contributed by atoms with E-state index >= 15 is 0 Å². The molecule has 17 heavy (non-hydrogen) atoms. The average molecular weight is 235 g/mol. The van der Waals surface area contributed by atoms with Crippen LogP contribution < -0.4 is 0 Å². The van der Waals surface area contributed by atoms with Crippen molar-refractivity contribution >= 4 is 12.0 Å². The Balaban J connectivity index is 2.40. The summed E-state index contributed by atoms with van der Waals surface area (Å²) >= 11 is 0. The first-order chi connectivity index (χ1) is 8.11. The Labute approximate surface area is 98.3 Å². The van der Waals surface area contributed by atoms with Gasteiger partial charge >= 0.3 is 6.09 Å². The highest BCUT2D eigenvalue weighted by Crippen LogP contribution is 2.31. The maximum Gasteiger partial charge on any atom is 0.414 e. The zero-order valence-corrected chi connectivity index (χ0v) is 9.46. The zero-order valence-electron chi connectivity index (χ0n) is 9.46. The standard InChI is InChI=1S/C11H13N3O3/c1-7(15)14(11(16)17)9-4-2-3-8-10(9)13-6-5-12-8/h5-6,9H,2-4H2,1H3,(H,16,17). The Morgan fingerprint density at radius 1 is 1.41 bits per heavy atom. The van der Waals surface area contributed by atoms with Crippen LogP contribution in [0.4, 0.5) is 4.79 Å². The Morgan fingerprint density at radius 2 is 2.12 bits per heavy atom. The number of carbonyl (C=O) groups excluding carboxylic acids is 1. The molecule has 1 atom stereocenters. The maximum absolute atomic E-state index is 11.4. The number of hydrogen-bond acceptors (Lipinski definition) is 4. The molecule has 1 N–H and O–H groups in total. The number of aryl methyl sites for hydroxylation is 1. The third kappa shape index (κ3) is 2.11. The number of carbonyl (C=O) groups is 2. The maximum atomic E-state index is 11.4. The number of carboxylic acid groups (broad SMARTS) is 1. The molecular formula is C11H13N3O3. The summed E-state index contributed by atoms with van der Waals surface area (Å²) in [6.07, 6.45) is 4.08. The summed E-state index contributed by atoms with van der Waals surface area (Å²) in [4.78, 5) is 31.7. The van der Waals surface area contributed by atoms with Gasteiger partial charge in [-0.2, -0.15) is 0 Å². The van der Waals surface area contributed by atoms with Crippen molar-refractivity contribution in [3.8, 4) is 0 Å². The monoisotopic (exact) mass is 235 g/mol. The smallest absolute Gasteiger partial charge is 0.414 e. The summed E-state index contributed by atoms with van der Waals surface area (Å²) in [5.41, 5.74) is 1.40. The third-order valence-electron chi connectivity index (χ3n) is 2.87. The SMILES string of the molecule is CC(=O)N(C(=O)O)C1CCCc2nccnc21. The van der Waals surface area contributed by atoms with Gasteiger partial charge in [-0.25, -0.2) is 9.69 Å². The number of imide groups is 1. The van der Waals surface area contributed by atoms with Gasteiger partial charge in [0.15, 0.2) is 0 Å². The summed E-state index contributed by atoms with van der Waals surface area (Å²) in [7, 11) is 0. The second kappa shape index (κ2) is 4.48. The minimum absolute atomic E-state index is 0.485. The van der Waals surface area contributed by atoms with Crippen LogP contribution in [0.25, 0.3) is 0 Å². The Morgan fingerprint density at radius 3 is 2.76 bits per heavy atom. The van der Waals surface area contributed by atoms with E-state index in [1.54, 1.807) is 6.20 Å². The fraction of sp³-hybridized carbons (Fsp3) is 0.455. The molecule has 0 fully saturated rings. The molecule has 0 spiro atoms. The molecule has 0 saturated carbocycles. The number of rotatable bonds is 1. The molecule has 0 aliphatic heterocycles. The van der Waals surface area contributed by atoms with Gasteiger partial charge in [-0.3, -0.25) is 14.8 Å². The summed E-state index contributed by atoms with van der Waals surface area (Å²) in [6.45, 7) is 1.25. The van der Waals surface area contributed by atoms with Crippen LogP contribution in [-0.4, -0.2) is 32.0 Å². The highest BCUT2D eigenvalue weighted by atomic mass is 16.4. The lowest BCUT2D eigenvalue weighted by Crippen LogP contribution is -2.39. The van der Waals surface area contributed by atoms with Crippen LogP contribution in [0.2, 0.25) is 0 Å². The predicted octanol–water partition coefficient (Wildman–Crippen LogP) is 1.38. The van der Waals surface area contributed by atoms with E-state index in [0.29, 0.717) is 12.1 Å². The molecule has 0 bridgehead atoms. The lowest BCUT2D eigenvalue weighted by atomic mass is 9.94. The van der Waals surface area contributed by atoms with Crippen molar-refractivity contribution in [3.63, 3.8) is 0 Å². The van der Waals surface area contributed by atoms with Gasteiger partial charge in [-0.05, 0) is 19.3 Å². The molecule has 2 amide bonds. The molecule has 0 radical (unpaired) electrons. The van der Waals surface area contributed by atoms with Gasteiger partial charge in [0.25, 0.3) is 0 Å². The van der Waals surface area contributed by atoms with E-state index in [-0.39, 0.29) is 0 Å². The first-order valence-corrected chi connectivity index (χ1v) is 5.43. The van der Waals surface area contributed by atoms with Gasteiger partial charge in [0.1, 0.15) is 0 Å². The zero-order chi connectivity index (χ0) is 12.4. The van der Waals surface area contributed by atoms with Gasteiger partial charge in [0.05, 0.1) is 17.4 Å². The van der Waals surface area contributed by atoms with E-state index in [9.17, 15) is 9.59 Å². The molecule has 6 nitrogen and oxygen atoms in total. The van der Waals surface area contributed by atoms with Crippen LogP contribution in [0.5, 0.6) is 0 Å². The fourth-order valence-corrected chi connectivity index (χ4v) is 2.19. The molecule has 0 saturated heterocycles. The largest absolute Gasteiger partial charge is 0.465 e. The van der Waals surface area contributed by atoms with Crippen LogP contribution in [-0.2, 0) is 11.2 Å². The van der Waals surface area contributed by atoms with Crippen molar-refractivity contribution in [1.82, 2.24) is 14.9 Å². The average Bonchev–Trinajstić information content (AvgIpc) is 2.28. The predicted molar refractivity (Wildman–Crippen MR) is 58.3 cm³/mol. The van der Waals surface area contributed by atoms with E-state index < -0.39 is 18.0 Å². The first kappa shape index (κ1) is 11.5. The van der Waals surface area contributed by atoms with Gasteiger partial charge in [0, 0.05) is 19.3 Å². The molecule has 1 heterocycles. The van der Waals surface area contributed by atoms with Crippen LogP contribution in [0.3, 0.4) is 0 Å². The molecular weight excluding hydrogens is 222 g/mol. The molecule has 1 aliphatic rings. The first-order valence-electron chi connectivity index (χ1n) is 5.43. The van der Waals surface area contributed by atoms with E-state index in [1.165, 1.54) is 13.1 Å². The molecule has 1 unspecified atom stereocenters. The summed E-state index contributed by atoms with van der Waals surface area (Å²) in [6, 6.07) is -0.498. The van der Waals surface area contributed by atoms with Gasteiger partial charge in [-0.1, -0.05) is 0 Å². The van der Waals surface area contributed by atoms with E-state index in [0.717, 1.165) is 23.4 Å². The highest BCUT2D eigenvalue weighted by Gasteiger charge is 2.33. The number of nitrogens with zero attached hydrogens (tertiary/aromatic N) is 3. The van der Waals surface area contributed by atoms with E-state index in [4.69, 9.17) is 5.11 Å². The van der Waals surface area contributed by atoms with E-state index in [1.807, 2.05) is 0 Å². The second-order valence-corrected chi connectivity index (χ2v) is 3.97. The molecule has 1 aromatic rings. The number of amides is 2. The van der Waals surface area contributed by atoms with E-state index in [2.05, 4.69) is 9.97 Å². The molecule has 1 aliphatic carbocycles. The minimum atomic E-state index is -1.24. The lowest BCUT2D eigenvalue weighted by Gasteiger charge is -2.30. The van der Waals surface area contributed by atoms with Gasteiger partial charge in [0.2, 0.25) is 5.91 Å². The molecule has 6 heteroatoms. The van der Waals surface area contributed by atoms with Gasteiger partial charge in [-0.15, -0.1) is 0 Å². The second-order valence-electron chi connectivity index (χ2n) is 3.97. The summed E-state index contributed by atoms with van der Waals surface area (Å²) in [5, 5.41) is 9.08. The molecule has 1 aromatic heterocycles. The van der Waals surface area contributed by atoms with Crippen LogP contribution in [0, 0.1) is 0 Å². The Kier molecular flexibility index (Phi) is 3.03. The number of fused-ring (bicyclic) bond motifs is 1. The van der Waals surface area contributed by atoms with Crippen molar-refractivity contribution < 1.29 is 14.7 Å². The third-order valence-corrected chi connectivity index (χ3v) is 2.87. The van der Waals surface area contributed by atoms with Gasteiger partial charge < -0.3 is 5.11 Å². The lowest BCUT2D eigenvalue weighted by molar-refractivity contribution is -0.129. The normalized spacial score (nSPS) is 18.3. The molecule has 0 aromatic carbocycles. The number of hydrogen-bond donors (Lipinski definition) is 1. The Hall–Kier alpha value is -1.98. The Bertz CT molecular complexity index is 447. The van der Waals surface area contributed by atoms with Crippen LogP contribution in [0.15, 0.2) is 12.4 Å². The quantitative estimate of drug-likeness (QED) is 0.795. The minimum Gasteiger partial charge on any atom is -0.465 e. The van der Waals surface area contributed by atoms with Crippen LogP contribution >= 0.6 is 0 Å². The molecule has 90 valence electrons. The topological polar surface area (TPSA) is 83.4 Å². The van der Waals surface area contributed by atoms with Crippen LogP contribution in [0.1, 0.15) is 37.2 Å². The summed E-state index contributed by atoms with van der Waals surface area (Å²) in [5.74, 6) is -0.485. The van der Waals surface area contributed by atoms with Crippen molar-refractivity contribution in [2.45, 2.75) is 32.2 Å². The van der Waals surface area contributed by atoms with Crippen molar-refractivity contribution in [3.05, 3.63) is 23.8 Å². The van der Waals surface area contributed by atoms with Crippen molar-refractivity contribution in [2.75, 3.05) is 0 Å². The molecule has 2 rings (SSSR count).